The molecule has 1 aromatic heterocycles. The number of fused-ring (bicyclic) bond motifs is 1. The molecule has 0 atom stereocenters. The maximum atomic E-state index is 13.8. The Morgan fingerprint density at radius 3 is 2.85 bits per heavy atom. The van der Waals surface area contributed by atoms with Crippen molar-refractivity contribution in [1.82, 2.24) is 9.97 Å². The molecule has 3 aromatic rings. The average Bonchev–Trinajstić information content (AvgIpc) is 2.84. The second kappa shape index (κ2) is 4.72. The molecule has 0 amide bonds. The van der Waals surface area contributed by atoms with Gasteiger partial charge in [-0.2, -0.15) is 0 Å². The van der Waals surface area contributed by atoms with Gasteiger partial charge in [-0.15, -0.1) is 0 Å². The van der Waals surface area contributed by atoms with Gasteiger partial charge in [0.1, 0.15) is 17.2 Å². The fourth-order valence-electron chi connectivity index (χ4n) is 2.01. The van der Waals surface area contributed by atoms with Crippen LogP contribution < -0.4 is 0 Å². The number of hydrogen-bond donors (Lipinski definition) is 2. The van der Waals surface area contributed by atoms with E-state index in [4.69, 9.17) is 5.11 Å². The number of rotatable bonds is 2. The number of carbonyl (C=O) groups is 1. The number of halogens is 2. The van der Waals surface area contributed by atoms with Crippen molar-refractivity contribution in [2.45, 2.75) is 0 Å². The minimum atomic E-state index is -1.07. The molecular formula is C14H8BrFN2O2. The number of imidazole rings is 1. The molecule has 0 aliphatic heterocycles. The molecule has 0 bridgehead atoms. The Morgan fingerprint density at radius 1 is 1.30 bits per heavy atom. The molecule has 0 unspecified atom stereocenters. The van der Waals surface area contributed by atoms with Crippen LogP contribution in [0.3, 0.4) is 0 Å². The Morgan fingerprint density at radius 2 is 2.10 bits per heavy atom. The van der Waals surface area contributed by atoms with Crippen molar-refractivity contribution in [2.75, 3.05) is 0 Å². The van der Waals surface area contributed by atoms with Crippen LogP contribution in [0.15, 0.2) is 40.9 Å². The molecule has 4 nitrogen and oxygen atoms in total. The lowest BCUT2D eigenvalue weighted by molar-refractivity contribution is 0.0699. The van der Waals surface area contributed by atoms with Crippen molar-refractivity contribution < 1.29 is 14.3 Å². The van der Waals surface area contributed by atoms with Crippen LogP contribution in [0.1, 0.15) is 10.4 Å². The van der Waals surface area contributed by atoms with E-state index in [0.717, 1.165) is 0 Å². The predicted octanol–water partition coefficient (Wildman–Crippen LogP) is 3.83. The fraction of sp³-hybridized carbons (Fsp3) is 0. The lowest BCUT2D eigenvalue weighted by atomic mass is 10.2. The number of aromatic nitrogens is 2. The summed E-state index contributed by atoms with van der Waals surface area (Å²) in [6.45, 7) is 0. The van der Waals surface area contributed by atoms with Crippen LogP contribution in [0.4, 0.5) is 4.39 Å². The third-order valence-electron chi connectivity index (χ3n) is 2.93. The maximum Gasteiger partial charge on any atom is 0.337 e. The minimum Gasteiger partial charge on any atom is -0.478 e. The van der Waals surface area contributed by atoms with Crippen LogP contribution in [-0.4, -0.2) is 21.0 Å². The molecule has 0 aliphatic rings. The Labute approximate surface area is 121 Å². The highest BCUT2D eigenvalue weighted by molar-refractivity contribution is 9.10. The van der Waals surface area contributed by atoms with Gasteiger partial charge >= 0.3 is 5.97 Å². The van der Waals surface area contributed by atoms with Gasteiger partial charge in [0.25, 0.3) is 0 Å². The highest BCUT2D eigenvalue weighted by Crippen LogP contribution is 2.27. The predicted molar refractivity (Wildman–Crippen MR) is 76.1 cm³/mol. The Kier molecular flexibility index (Phi) is 3.02. The van der Waals surface area contributed by atoms with Gasteiger partial charge in [0.15, 0.2) is 0 Å². The van der Waals surface area contributed by atoms with E-state index < -0.39 is 11.8 Å². The van der Waals surface area contributed by atoms with E-state index in [-0.39, 0.29) is 11.1 Å². The highest BCUT2D eigenvalue weighted by atomic mass is 79.9. The van der Waals surface area contributed by atoms with Gasteiger partial charge in [-0.3, -0.25) is 0 Å². The van der Waals surface area contributed by atoms with Gasteiger partial charge in [-0.1, -0.05) is 22.0 Å². The van der Waals surface area contributed by atoms with Crippen LogP contribution in [0.25, 0.3) is 22.4 Å². The second-order valence-electron chi connectivity index (χ2n) is 4.22. The summed E-state index contributed by atoms with van der Waals surface area (Å²) in [7, 11) is 0. The van der Waals surface area contributed by atoms with Crippen LogP contribution >= 0.6 is 15.9 Å². The van der Waals surface area contributed by atoms with Crippen LogP contribution in [0, 0.1) is 5.82 Å². The van der Waals surface area contributed by atoms with Crippen LogP contribution in [0.2, 0.25) is 0 Å². The first kappa shape index (κ1) is 12.8. The summed E-state index contributed by atoms with van der Waals surface area (Å²) in [5.41, 5.74) is 1.24. The molecule has 6 heteroatoms. The van der Waals surface area contributed by atoms with Crippen LogP contribution in [-0.2, 0) is 0 Å². The zero-order valence-electron chi connectivity index (χ0n) is 10.0. The summed E-state index contributed by atoms with van der Waals surface area (Å²) in [5, 5.41) is 9.13. The van der Waals surface area contributed by atoms with Gasteiger partial charge in [-0.05, 0) is 30.3 Å². The molecular weight excluding hydrogens is 327 g/mol. The van der Waals surface area contributed by atoms with E-state index in [2.05, 4.69) is 25.9 Å². The Hall–Kier alpha value is -2.21. The van der Waals surface area contributed by atoms with Crippen molar-refractivity contribution in [3.05, 3.63) is 52.3 Å². The molecule has 0 saturated carbocycles. The molecule has 0 fully saturated rings. The summed E-state index contributed by atoms with van der Waals surface area (Å²) in [6.07, 6.45) is 0. The minimum absolute atomic E-state index is 0.0837. The summed E-state index contributed by atoms with van der Waals surface area (Å²) < 4.78 is 14.6. The van der Waals surface area contributed by atoms with Gasteiger partial charge in [-0.25, -0.2) is 14.2 Å². The number of hydrogen-bond acceptors (Lipinski definition) is 2. The standard InChI is InChI=1S/C14H8BrFN2O2/c15-7-4-5-10(16)9(6-7)13-17-11-3-1-2-8(14(19)20)12(11)18-13/h1-6H,(H,17,18)(H,19,20). The number of nitrogens with zero attached hydrogens (tertiary/aromatic N) is 1. The quantitative estimate of drug-likeness (QED) is 0.748. The molecule has 2 N–H and O–H groups in total. The Bertz CT molecular complexity index is 829. The number of aromatic carboxylic acids is 1. The molecule has 0 aliphatic carbocycles. The number of carboxylic acid groups (broad SMARTS) is 1. The van der Waals surface area contributed by atoms with Gasteiger partial charge in [0, 0.05) is 4.47 Å². The summed E-state index contributed by atoms with van der Waals surface area (Å²) in [5.74, 6) is -1.19. The molecule has 100 valence electrons. The smallest absolute Gasteiger partial charge is 0.337 e. The summed E-state index contributed by atoms with van der Waals surface area (Å²) in [6, 6.07) is 9.29. The monoisotopic (exact) mass is 334 g/mol. The lowest BCUT2D eigenvalue weighted by Gasteiger charge is -1.99. The fourth-order valence-corrected chi connectivity index (χ4v) is 2.37. The summed E-state index contributed by atoms with van der Waals surface area (Å²) >= 11 is 3.27. The van der Waals surface area contributed by atoms with Crippen molar-refractivity contribution >= 4 is 32.9 Å². The zero-order valence-corrected chi connectivity index (χ0v) is 11.6. The lowest BCUT2D eigenvalue weighted by Crippen LogP contribution is -1.96. The molecule has 2 aromatic carbocycles. The topological polar surface area (TPSA) is 66.0 Å². The van der Waals surface area contributed by atoms with Crippen molar-refractivity contribution in [3.8, 4) is 11.4 Å². The number of nitrogens with one attached hydrogen (secondary N) is 1. The average molecular weight is 335 g/mol. The number of para-hydroxylation sites is 1. The first-order valence-corrected chi connectivity index (χ1v) is 6.53. The molecule has 0 saturated heterocycles. The normalized spacial score (nSPS) is 10.9. The third-order valence-corrected chi connectivity index (χ3v) is 3.42. The van der Waals surface area contributed by atoms with E-state index in [1.165, 1.54) is 12.1 Å². The van der Waals surface area contributed by atoms with E-state index in [1.54, 1.807) is 24.3 Å². The largest absolute Gasteiger partial charge is 0.478 e. The van der Waals surface area contributed by atoms with Crippen molar-refractivity contribution in [2.24, 2.45) is 0 Å². The number of H-pyrrole nitrogens is 1. The van der Waals surface area contributed by atoms with Crippen molar-refractivity contribution in [1.29, 1.82) is 0 Å². The Balaban J connectivity index is 2.26. The molecule has 0 radical (unpaired) electrons. The van der Waals surface area contributed by atoms with E-state index >= 15 is 0 Å². The van der Waals surface area contributed by atoms with Gasteiger partial charge in [0.05, 0.1) is 16.6 Å². The molecule has 1 heterocycles. The van der Waals surface area contributed by atoms with E-state index in [1.807, 2.05) is 0 Å². The first-order chi connectivity index (χ1) is 9.56. The van der Waals surface area contributed by atoms with Gasteiger partial charge < -0.3 is 10.1 Å². The molecule has 20 heavy (non-hydrogen) atoms. The van der Waals surface area contributed by atoms with Crippen LogP contribution in [0.5, 0.6) is 0 Å². The van der Waals surface area contributed by atoms with E-state index in [0.29, 0.717) is 21.3 Å². The third kappa shape index (κ3) is 2.08. The second-order valence-corrected chi connectivity index (χ2v) is 5.13. The van der Waals surface area contributed by atoms with E-state index in [9.17, 15) is 9.18 Å². The van der Waals surface area contributed by atoms with Gasteiger partial charge in [0.2, 0.25) is 0 Å². The highest BCUT2D eigenvalue weighted by Gasteiger charge is 2.15. The summed E-state index contributed by atoms with van der Waals surface area (Å²) in [4.78, 5) is 18.3. The first-order valence-electron chi connectivity index (χ1n) is 5.73. The number of carboxylic acids is 1. The zero-order chi connectivity index (χ0) is 14.3. The maximum absolute atomic E-state index is 13.8. The SMILES string of the molecule is O=C(O)c1cccc2[nH]c(-c3cc(Br)ccc3F)nc12. The molecule has 3 rings (SSSR count). The van der Waals surface area contributed by atoms with Crippen molar-refractivity contribution in [3.63, 3.8) is 0 Å². The molecule has 0 spiro atoms. The number of aromatic amines is 1. The number of benzene rings is 2.